The first-order valence-corrected chi connectivity index (χ1v) is 11.6. The van der Waals surface area contributed by atoms with Crippen molar-refractivity contribution >= 4 is 28.3 Å². The second kappa shape index (κ2) is 8.80. The SMILES string of the molecule is O=C(CN1Cc2c(F)cc(-c3ccc(C4CCNCC4)cc3)cc2C1=O)Nc1nccs1. The highest BCUT2D eigenvalue weighted by molar-refractivity contribution is 7.13. The van der Waals surface area contributed by atoms with Gasteiger partial charge in [-0.05, 0) is 60.7 Å². The zero-order chi connectivity index (χ0) is 22.1. The van der Waals surface area contributed by atoms with Gasteiger partial charge in [-0.25, -0.2) is 9.37 Å². The minimum atomic E-state index is -0.420. The fourth-order valence-electron chi connectivity index (χ4n) is 4.44. The predicted molar refractivity (Wildman–Crippen MR) is 122 cm³/mol. The number of thiazole rings is 1. The van der Waals surface area contributed by atoms with Gasteiger partial charge in [-0.15, -0.1) is 11.3 Å². The molecule has 3 heterocycles. The van der Waals surface area contributed by atoms with E-state index in [1.54, 1.807) is 17.6 Å². The number of rotatable bonds is 5. The number of amides is 2. The summed E-state index contributed by atoms with van der Waals surface area (Å²) in [5.41, 5.74) is 3.50. The van der Waals surface area contributed by atoms with Gasteiger partial charge in [-0.1, -0.05) is 24.3 Å². The third-order valence-electron chi connectivity index (χ3n) is 6.13. The van der Waals surface area contributed by atoms with E-state index in [0.29, 0.717) is 27.7 Å². The summed E-state index contributed by atoms with van der Waals surface area (Å²) in [7, 11) is 0. The van der Waals surface area contributed by atoms with E-state index in [2.05, 4.69) is 27.8 Å². The van der Waals surface area contributed by atoms with Crippen LogP contribution < -0.4 is 10.6 Å². The third-order valence-corrected chi connectivity index (χ3v) is 6.82. The monoisotopic (exact) mass is 450 g/mol. The van der Waals surface area contributed by atoms with Crippen molar-refractivity contribution in [3.63, 3.8) is 0 Å². The molecule has 1 aromatic heterocycles. The van der Waals surface area contributed by atoms with Crippen LogP contribution in [0, 0.1) is 5.82 Å². The number of hydrogen-bond donors (Lipinski definition) is 2. The van der Waals surface area contributed by atoms with Crippen LogP contribution in [0.4, 0.5) is 9.52 Å². The van der Waals surface area contributed by atoms with Crippen LogP contribution in [0.25, 0.3) is 11.1 Å². The lowest BCUT2D eigenvalue weighted by Gasteiger charge is -2.23. The highest BCUT2D eigenvalue weighted by Gasteiger charge is 2.32. The van der Waals surface area contributed by atoms with Gasteiger partial charge in [-0.3, -0.25) is 9.59 Å². The van der Waals surface area contributed by atoms with E-state index in [1.165, 1.54) is 27.9 Å². The third kappa shape index (κ3) is 4.16. The maximum absolute atomic E-state index is 14.9. The summed E-state index contributed by atoms with van der Waals surface area (Å²) < 4.78 is 14.9. The topological polar surface area (TPSA) is 74.3 Å². The molecule has 2 aromatic carbocycles. The molecule has 0 unspecified atom stereocenters. The van der Waals surface area contributed by atoms with Crippen LogP contribution in [0.15, 0.2) is 48.0 Å². The average molecular weight is 451 g/mol. The van der Waals surface area contributed by atoms with Crippen LogP contribution in [0.2, 0.25) is 0 Å². The maximum Gasteiger partial charge on any atom is 0.255 e. The van der Waals surface area contributed by atoms with Gasteiger partial charge in [0, 0.05) is 22.7 Å². The molecule has 1 saturated heterocycles. The lowest BCUT2D eigenvalue weighted by molar-refractivity contribution is -0.116. The van der Waals surface area contributed by atoms with Crippen molar-refractivity contribution < 1.29 is 14.0 Å². The van der Waals surface area contributed by atoms with Crippen LogP contribution >= 0.6 is 11.3 Å². The minimum absolute atomic E-state index is 0.0836. The molecule has 3 aromatic rings. The van der Waals surface area contributed by atoms with Crippen molar-refractivity contribution in [2.75, 3.05) is 25.0 Å². The minimum Gasteiger partial charge on any atom is -0.325 e. The number of carbonyl (C=O) groups is 2. The number of halogens is 1. The molecule has 2 amide bonds. The zero-order valence-corrected chi connectivity index (χ0v) is 18.3. The fraction of sp³-hybridized carbons (Fsp3) is 0.292. The Morgan fingerprint density at radius 3 is 2.69 bits per heavy atom. The van der Waals surface area contributed by atoms with E-state index in [1.807, 2.05) is 12.1 Å². The second-order valence-electron chi connectivity index (χ2n) is 8.18. The van der Waals surface area contributed by atoms with Gasteiger partial charge in [0.1, 0.15) is 12.4 Å². The number of carbonyl (C=O) groups excluding carboxylic acids is 2. The summed E-state index contributed by atoms with van der Waals surface area (Å²) in [5.74, 6) is -0.555. The van der Waals surface area contributed by atoms with Crippen LogP contribution in [0.5, 0.6) is 0 Å². The molecule has 32 heavy (non-hydrogen) atoms. The molecule has 1 fully saturated rings. The van der Waals surface area contributed by atoms with Gasteiger partial charge < -0.3 is 15.5 Å². The summed E-state index contributed by atoms with van der Waals surface area (Å²) in [4.78, 5) is 30.5. The number of aromatic nitrogens is 1. The molecule has 0 aliphatic carbocycles. The molecule has 0 saturated carbocycles. The Hall–Kier alpha value is -3.10. The number of benzene rings is 2. The van der Waals surface area contributed by atoms with E-state index in [0.717, 1.165) is 31.5 Å². The van der Waals surface area contributed by atoms with Gasteiger partial charge in [0.05, 0.1) is 6.54 Å². The van der Waals surface area contributed by atoms with Crippen LogP contribution in [-0.2, 0) is 11.3 Å². The fourth-order valence-corrected chi connectivity index (χ4v) is 4.98. The van der Waals surface area contributed by atoms with E-state index < -0.39 is 5.82 Å². The molecule has 0 spiro atoms. The van der Waals surface area contributed by atoms with Crippen LogP contribution in [0.3, 0.4) is 0 Å². The van der Waals surface area contributed by atoms with Crippen molar-refractivity contribution in [3.8, 4) is 11.1 Å². The Bertz CT molecular complexity index is 1140. The Kier molecular flexibility index (Phi) is 5.71. The molecule has 6 nitrogen and oxygen atoms in total. The molecular weight excluding hydrogens is 427 g/mol. The summed E-state index contributed by atoms with van der Waals surface area (Å²) in [6, 6.07) is 11.4. The largest absolute Gasteiger partial charge is 0.325 e. The summed E-state index contributed by atoms with van der Waals surface area (Å²) in [5, 5.41) is 8.26. The Balaban J connectivity index is 1.32. The Labute approximate surface area is 189 Å². The number of fused-ring (bicyclic) bond motifs is 1. The van der Waals surface area contributed by atoms with Crippen LogP contribution in [0.1, 0.15) is 40.2 Å². The lowest BCUT2D eigenvalue weighted by Crippen LogP contribution is -2.33. The van der Waals surface area contributed by atoms with Crippen molar-refractivity contribution in [2.24, 2.45) is 0 Å². The van der Waals surface area contributed by atoms with Gasteiger partial charge in [0.15, 0.2) is 5.13 Å². The molecule has 164 valence electrons. The summed E-state index contributed by atoms with van der Waals surface area (Å²) in [6.07, 6.45) is 3.83. The smallest absolute Gasteiger partial charge is 0.255 e. The first-order chi connectivity index (χ1) is 15.6. The van der Waals surface area contributed by atoms with Gasteiger partial charge in [0.25, 0.3) is 5.91 Å². The van der Waals surface area contributed by atoms with Crippen molar-refractivity contribution in [1.29, 1.82) is 0 Å². The van der Waals surface area contributed by atoms with Gasteiger partial charge in [0.2, 0.25) is 5.91 Å². The van der Waals surface area contributed by atoms with Gasteiger partial charge in [-0.2, -0.15) is 0 Å². The number of hydrogen-bond acceptors (Lipinski definition) is 5. The highest BCUT2D eigenvalue weighted by Crippen LogP contribution is 2.32. The molecular formula is C24H23FN4O2S. The molecule has 2 aliphatic heterocycles. The van der Waals surface area contributed by atoms with E-state index in [9.17, 15) is 14.0 Å². The quantitative estimate of drug-likeness (QED) is 0.616. The van der Waals surface area contributed by atoms with E-state index in [4.69, 9.17) is 0 Å². The van der Waals surface area contributed by atoms with Crippen molar-refractivity contribution in [2.45, 2.75) is 25.3 Å². The first kappa shape index (κ1) is 20.8. The molecule has 5 rings (SSSR count). The zero-order valence-electron chi connectivity index (χ0n) is 17.4. The summed E-state index contributed by atoms with van der Waals surface area (Å²) in [6.45, 7) is 2.00. The number of nitrogens with zero attached hydrogens (tertiary/aromatic N) is 2. The average Bonchev–Trinajstić information content (AvgIpc) is 3.43. The number of piperidine rings is 1. The molecule has 0 atom stereocenters. The molecule has 2 aliphatic rings. The first-order valence-electron chi connectivity index (χ1n) is 10.7. The summed E-state index contributed by atoms with van der Waals surface area (Å²) >= 11 is 1.30. The Morgan fingerprint density at radius 2 is 1.97 bits per heavy atom. The van der Waals surface area contributed by atoms with Crippen molar-refractivity contribution in [3.05, 3.63) is 70.5 Å². The number of nitrogens with one attached hydrogen (secondary N) is 2. The normalized spacial score (nSPS) is 16.3. The second-order valence-corrected chi connectivity index (χ2v) is 9.07. The molecule has 8 heteroatoms. The van der Waals surface area contributed by atoms with E-state index >= 15 is 0 Å². The van der Waals surface area contributed by atoms with Gasteiger partial charge >= 0.3 is 0 Å². The maximum atomic E-state index is 14.9. The lowest BCUT2D eigenvalue weighted by atomic mass is 9.89. The molecule has 2 N–H and O–H groups in total. The van der Waals surface area contributed by atoms with Crippen molar-refractivity contribution in [1.82, 2.24) is 15.2 Å². The molecule has 0 bridgehead atoms. The predicted octanol–water partition coefficient (Wildman–Crippen LogP) is 4.01. The Morgan fingerprint density at radius 1 is 1.19 bits per heavy atom. The van der Waals surface area contributed by atoms with E-state index in [-0.39, 0.29) is 24.9 Å². The molecule has 0 radical (unpaired) electrons. The standard InChI is InChI=1S/C24H23FN4O2S/c25-21-12-18(16-3-1-15(2-4-16)17-5-7-26-8-6-17)11-19-20(21)13-29(23(19)31)14-22(30)28-24-27-9-10-32-24/h1-4,9-12,17,26H,5-8,13-14H2,(H,27,28,30). The number of anilines is 1. The van der Waals surface area contributed by atoms with Crippen LogP contribution in [-0.4, -0.2) is 41.3 Å². The highest BCUT2D eigenvalue weighted by atomic mass is 32.1.